The monoisotopic (exact) mass is 400 g/mol. The highest BCUT2D eigenvalue weighted by Crippen LogP contribution is 2.37. The van der Waals surface area contributed by atoms with Crippen LogP contribution in [-0.4, -0.2) is 9.97 Å². The molecular weight excluding hydrogens is 380 g/mol. The Morgan fingerprint density at radius 3 is 1.84 bits per heavy atom. The van der Waals surface area contributed by atoms with Gasteiger partial charge in [0.2, 0.25) is 5.88 Å². The number of nitrogens with zero attached hydrogens (tertiary/aromatic N) is 2. The Kier molecular flexibility index (Phi) is 5.23. The van der Waals surface area contributed by atoms with E-state index in [1.807, 2.05) is 48.5 Å². The summed E-state index contributed by atoms with van der Waals surface area (Å²) in [7, 11) is 0. The molecule has 0 fully saturated rings. The van der Waals surface area contributed by atoms with E-state index in [0.717, 1.165) is 28.1 Å². The van der Waals surface area contributed by atoms with Crippen molar-refractivity contribution >= 4 is 0 Å². The fourth-order valence-corrected chi connectivity index (χ4v) is 3.53. The van der Waals surface area contributed by atoms with Crippen LogP contribution in [0.2, 0.25) is 0 Å². The zero-order valence-electron chi connectivity index (χ0n) is 16.8. The van der Waals surface area contributed by atoms with E-state index in [1.165, 1.54) is 11.1 Å². The molecule has 0 saturated heterocycles. The smallest absolute Gasteiger partial charge is 0.219 e. The first-order valence-electron chi connectivity index (χ1n) is 10.2. The summed E-state index contributed by atoms with van der Waals surface area (Å²) in [6.45, 7) is 0. The number of rotatable bonds is 5. The van der Waals surface area contributed by atoms with Gasteiger partial charge in [-0.15, -0.1) is 0 Å². The molecule has 3 heteroatoms. The second-order valence-corrected chi connectivity index (χ2v) is 7.14. The Bertz CT molecular complexity index is 1270. The normalized spacial score (nSPS) is 10.6. The van der Waals surface area contributed by atoms with Crippen LogP contribution >= 0.6 is 0 Å². The van der Waals surface area contributed by atoms with Crippen molar-refractivity contribution < 1.29 is 4.74 Å². The molecular formula is C28H20N2O. The second-order valence-electron chi connectivity index (χ2n) is 7.14. The maximum absolute atomic E-state index is 6.20. The molecule has 2 heterocycles. The molecule has 0 spiro atoms. The maximum Gasteiger partial charge on any atom is 0.219 e. The van der Waals surface area contributed by atoms with Crippen molar-refractivity contribution in [2.45, 2.75) is 0 Å². The molecule has 0 aliphatic rings. The topological polar surface area (TPSA) is 35.0 Å². The third-order valence-electron chi connectivity index (χ3n) is 5.10. The van der Waals surface area contributed by atoms with Crippen LogP contribution in [0.3, 0.4) is 0 Å². The summed E-state index contributed by atoms with van der Waals surface area (Å²) < 4.78 is 6.20. The first kappa shape index (κ1) is 18.8. The number of hydrogen-bond donors (Lipinski definition) is 0. The van der Waals surface area contributed by atoms with Gasteiger partial charge in [-0.1, -0.05) is 72.8 Å². The van der Waals surface area contributed by atoms with Crippen LogP contribution in [0.5, 0.6) is 11.6 Å². The summed E-state index contributed by atoms with van der Waals surface area (Å²) in [6.07, 6.45) is 3.52. The summed E-state index contributed by atoms with van der Waals surface area (Å²) in [5, 5.41) is 0. The summed E-state index contributed by atoms with van der Waals surface area (Å²) >= 11 is 0. The number of pyridine rings is 2. The third-order valence-corrected chi connectivity index (χ3v) is 5.10. The van der Waals surface area contributed by atoms with E-state index < -0.39 is 0 Å². The minimum atomic E-state index is 0.558. The predicted octanol–water partition coefficient (Wildman–Crippen LogP) is 7.27. The summed E-state index contributed by atoms with van der Waals surface area (Å²) in [5.74, 6) is 1.30. The van der Waals surface area contributed by atoms with Crippen molar-refractivity contribution in [1.82, 2.24) is 9.97 Å². The molecule has 5 aromatic rings. The zero-order valence-corrected chi connectivity index (χ0v) is 16.8. The summed E-state index contributed by atoms with van der Waals surface area (Å²) in [5.41, 5.74) is 6.37. The van der Waals surface area contributed by atoms with Gasteiger partial charge in [-0.2, -0.15) is 0 Å². The molecule has 0 aliphatic heterocycles. The molecule has 0 atom stereocenters. The van der Waals surface area contributed by atoms with Gasteiger partial charge in [0, 0.05) is 29.6 Å². The van der Waals surface area contributed by atoms with Crippen molar-refractivity contribution in [2.24, 2.45) is 0 Å². The van der Waals surface area contributed by atoms with Gasteiger partial charge in [-0.3, -0.25) is 4.98 Å². The third kappa shape index (κ3) is 4.21. The SMILES string of the molecule is c1ccc(-c2ccc(-c3ccc(-c4ccccn4)cc3Oc3ccccn3)cc2)cc1. The largest absolute Gasteiger partial charge is 0.438 e. The molecule has 0 unspecified atom stereocenters. The van der Waals surface area contributed by atoms with Crippen LogP contribution in [0.4, 0.5) is 0 Å². The first-order valence-corrected chi connectivity index (χ1v) is 10.2. The fraction of sp³-hybridized carbons (Fsp3) is 0. The molecule has 3 nitrogen and oxygen atoms in total. The molecule has 0 aliphatic carbocycles. The van der Waals surface area contributed by atoms with E-state index in [-0.39, 0.29) is 0 Å². The fourth-order valence-electron chi connectivity index (χ4n) is 3.53. The van der Waals surface area contributed by atoms with Crippen LogP contribution in [0, 0.1) is 0 Å². The molecule has 0 saturated carbocycles. The Morgan fingerprint density at radius 2 is 1.13 bits per heavy atom. The van der Waals surface area contributed by atoms with Crippen LogP contribution in [0.25, 0.3) is 33.5 Å². The summed E-state index contributed by atoms with van der Waals surface area (Å²) in [4.78, 5) is 8.80. The number of benzene rings is 3. The van der Waals surface area contributed by atoms with E-state index in [4.69, 9.17) is 4.74 Å². The maximum atomic E-state index is 6.20. The van der Waals surface area contributed by atoms with E-state index in [0.29, 0.717) is 5.88 Å². The lowest BCUT2D eigenvalue weighted by Gasteiger charge is -2.13. The average Bonchev–Trinajstić information content (AvgIpc) is 2.86. The van der Waals surface area contributed by atoms with Gasteiger partial charge in [0.15, 0.2) is 0 Å². The second kappa shape index (κ2) is 8.64. The Balaban J connectivity index is 1.55. The van der Waals surface area contributed by atoms with Crippen molar-refractivity contribution in [3.63, 3.8) is 0 Å². The van der Waals surface area contributed by atoms with E-state index in [2.05, 4.69) is 70.6 Å². The minimum absolute atomic E-state index is 0.558. The molecule has 0 amide bonds. The van der Waals surface area contributed by atoms with E-state index in [1.54, 1.807) is 12.4 Å². The highest BCUT2D eigenvalue weighted by molar-refractivity contribution is 5.77. The number of hydrogen-bond acceptors (Lipinski definition) is 3. The average molecular weight is 400 g/mol. The molecule has 2 aromatic heterocycles. The van der Waals surface area contributed by atoms with Gasteiger partial charge in [0.25, 0.3) is 0 Å². The quantitative estimate of drug-likeness (QED) is 0.311. The highest BCUT2D eigenvalue weighted by Gasteiger charge is 2.11. The van der Waals surface area contributed by atoms with Crippen molar-refractivity contribution in [3.8, 4) is 45.1 Å². The van der Waals surface area contributed by atoms with E-state index in [9.17, 15) is 0 Å². The predicted molar refractivity (Wildman–Crippen MR) is 125 cm³/mol. The molecule has 31 heavy (non-hydrogen) atoms. The lowest BCUT2D eigenvalue weighted by atomic mass is 9.98. The molecule has 0 radical (unpaired) electrons. The number of aromatic nitrogens is 2. The lowest BCUT2D eigenvalue weighted by Crippen LogP contribution is -1.92. The van der Waals surface area contributed by atoms with Gasteiger partial charge >= 0.3 is 0 Å². The molecule has 3 aromatic carbocycles. The minimum Gasteiger partial charge on any atom is -0.438 e. The van der Waals surface area contributed by atoms with Gasteiger partial charge < -0.3 is 4.74 Å². The van der Waals surface area contributed by atoms with Crippen molar-refractivity contribution in [1.29, 1.82) is 0 Å². The van der Waals surface area contributed by atoms with Crippen molar-refractivity contribution in [3.05, 3.63) is 122 Å². The van der Waals surface area contributed by atoms with E-state index >= 15 is 0 Å². The highest BCUT2D eigenvalue weighted by atomic mass is 16.5. The molecule has 5 rings (SSSR count). The van der Waals surface area contributed by atoms with Gasteiger partial charge in [0.05, 0.1) is 5.69 Å². The first-order chi connectivity index (χ1) is 15.4. The van der Waals surface area contributed by atoms with Crippen LogP contribution in [0.1, 0.15) is 0 Å². The van der Waals surface area contributed by atoms with Gasteiger partial charge in [-0.25, -0.2) is 4.98 Å². The Morgan fingerprint density at radius 1 is 0.484 bits per heavy atom. The van der Waals surface area contributed by atoms with Crippen LogP contribution < -0.4 is 4.74 Å². The van der Waals surface area contributed by atoms with Gasteiger partial charge in [0.1, 0.15) is 5.75 Å². The molecule has 148 valence electrons. The Hall–Kier alpha value is -4.24. The zero-order chi connectivity index (χ0) is 20.9. The standard InChI is InChI=1S/C28H20N2O/c1-2-8-21(9-3-1)22-12-14-23(15-13-22)25-17-16-24(26-10-4-6-18-29-26)20-27(25)31-28-11-5-7-19-30-28/h1-20H. The molecule has 0 bridgehead atoms. The van der Waals surface area contributed by atoms with Crippen molar-refractivity contribution in [2.75, 3.05) is 0 Å². The Labute approximate surface area is 181 Å². The van der Waals surface area contributed by atoms with Crippen LogP contribution in [0.15, 0.2) is 122 Å². The number of ether oxygens (including phenoxy) is 1. The molecule has 0 N–H and O–H groups in total. The summed E-state index contributed by atoms with van der Waals surface area (Å²) in [6, 6.07) is 36.6. The lowest BCUT2D eigenvalue weighted by molar-refractivity contribution is 0.465. The van der Waals surface area contributed by atoms with Gasteiger partial charge in [-0.05, 0) is 47.0 Å². The van der Waals surface area contributed by atoms with Crippen LogP contribution in [-0.2, 0) is 0 Å².